The first-order valence-electron chi connectivity index (χ1n) is 6.22. The molecule has 0 amide bonds. The molecule has 0 heterocycles. The van der Waals surface area contributed by atoms with Crippen LogP contribution in [0, 0.1) is 0 Å². The maximum Gasteiger partial charge on any atom is 0.151 e. The molecule has 6 heteroatoms. The first-order valence-corrected chi connectivity index (χ1v) is 6.22. The van der Waals surface area contributed by atoms with E-state index >= 15 is 0 Å². The Morgan fingerprint density at radius 2 is 1.00 bits per heavy atom. The molecule has 0 aromatic carbocycles. The number of aliphatic hydroxyl groups excluding tert-OH is 3. The molecule has 5 nitrogen and oxygen atoms in total. The van der Waals surface area contributed by atoms with Crippen molar-refractivity contribution in [3.63, 3.8) is 0 Å². The molecule has 0 aliphatic carbocycles. The number of carbonyl (C=O) groups is 1. The Bertz CT molecular complexity index is 187. The van der Waals surface area contributed by atoms with E-state index in [0.717, 1.165) is 6.08 Å². The average molecular weight is 371 g/mol. The van der Waals surface area contributed by atoms with Crippen LogP contribution in [0.2, 0.25) is 0 Å². The Labute approximate surface area is 142 Å². The molecule has 122 valence electrons. The fourth-order valence-corrected chi connectivity index (χ4v) is 0.286. The number of rotatable bonds is 1. The zero-order chi connectivity index (χ0) is 16.6. The molecular weight excluding hydrogens is 339 g/mol. The van der Waals surface area contributed by atoms with Crippen LogP contribution in [-0.2, 0) is 31.0 Å². The normalized spacial score (nSPS) is 9.40. The van der Waals surface area contributed by atoms with Crippen LogP contribution in [0.5, 0.6) is 0 Å². The van der Waals surface area contributed by atoms with E-state index in [9.17, 15) is 9.90 Å². The molecule has 0 aliphatic rings. The summed E-state index contributed by atoms with van der Waals surface area (Å²) in [6.45, 7) is 13.0. The predicted octanol–water partition coefficient (Wildman–Crippen LogP) is 0.998. The van der Waals surface area contributed by atoms with Crippen molar-refractivity contribution in [2.45, 2.75) is 73.7 Å². The van der Waals surface area contributed by atoms with Crippen LogP contribution in [0.4, 0.5) is 0 Å². The predicted molar refractivity (Wildman–Crippen MR) is 76.5 cm³/mol. The van der Waals surface area contributed by atoms with Crippen LogP contribution in [0.3, 0.4) is 0 Å². The molecule has 0 atom stereocenters. The Balaban J connectivity index is -0.0000000512. The first-order chi connectivity index (χ1) is 8.32. The van der Waals surface area contributed by atoms with Crippen LogP contribution in [0.15, 0.2) is 11.8 Å². The molecule has 0 aliphatic heterocycles. The summed E-state index contributed by atoms with van der Waals surface area (Å²) in [7, 11) is 0. The van der Waals surface area contributed by atoms with Gasteiger partial charge in [0.25, 0.3) is 0 Å². The van der Waals surface area contributed by atoms with Crippen molar-refractivity contribution >= 4 is 5.78 Å². The summed E-state index contributed by atoms with van der Waals surface area (Å²) < 4.78 is 0. The quantitative estimate of drug-likeness (QED) is 0.472. The van der Waals surface area contributed by atoms with E-state index < -0.39 is 0 Å². The first kappa shape index (κ1) is 32.1. The van der Waals surface area contributed by atoms with E-state index in [0.29, 0.717) is 0 Å². The van der Waals surface area contributed by atoms with Crippen LogP contribution in [0.1, 0.15) is 55.4 Å². The van der Waals surface area contributed by atoms with E-state index in [1.54, 1.807) is 41.5 Å². The van der Waals surface area contributed by atoms with E-state index in [4.69, 9.17) is 15.3 Å². The van der Waals surface area contributed by atoms with Crippen molar-refractivity contribution in [1.29, 1.82) is 0 Å². The van der Waals surface area contributed by atoms with Crippen LogP contribution in [-0.4, -0.2) is 39.4 Å². The molecule has 0 fully saturated rings. The van der Waals surface area contributed by atoms with Crippen LogP contribution < -0.4 is 5.11 Å². The topological polar surface area (TPSA) is 101 Å². The van der Waals surface area contributed by atoms with E-state index in [1.807, 2.05) is 0 Å². The molecule has 20 heavy (non-hydrogen) atoms. The van der Waals surface area contributed by atoms with Crippen molar-refractivity contribution in [3.8, 4) is 0 Å². The van der Waals surface area contributed by atoms with Crippen LogP contribution in [0.25, 0.3) is 0 Å². The summed E-state index contributed by atoms with van der Waals surface area (Å²) in [6, 6.07) is 0. The van der Waals surface area contributed by atoms with Crippen molar-refractivity contribution in [2.24, 2.45) is 0 Å². The summed E-state index contributed by atoms with van der Waals surface area (Å²) in [4.78, 5) is 9.98. The molecule has 0 saturated carbocycles. The molecule has 0 aromatic rings. The second-order valence-corrected chi connectivity index (χ2v) is 4.65. The Morgan fingerprint density at radius 1 is 0.850 bits per heavy atom. The molecule has 0 radical (unpaired) electrons. The van der Waals surface area contributed by atoms with Crippen LogP contribution >= 0.6 is 0 Å². The molecule has 3 N–H and O–H groups in total. The van der Waals surface area contributed by atoms with Gasteiger partial charge in [-0.2, -0.15) is 0 Å². The zero-order valence-corrected chi connectivity index (χ0v) is 16.4. The zero-order valence-electron chi connectivity index (χ0n) is 14.0. The van der Waals surface area contributed by atoms with Crippen molar-refractivity contribution in [1.82, 2.24) is 0 Å². The number of allylic oxidation sites excluding steroid dienone is 2. The number of hydrogen-bond acceptors (Lipinski definition) is 5. The molecule has 0 saturated heterocycles. The van der Waals surface area contributed by atoms with Gasteiger partial charge in [0.05, 0.1) is 0 Å². The Morgan fingerprint density at radius 3 is 1.00 bits per heavy atom. The van der Waals surface area contributed by atoms with Gasteiger partial charge in [0.2, 0.25) is 0 Å². The maximum absolute atomic E-state index is 9.98. The van der Waals surface area contributed by atoms with Gasteiger partial charge in [-0.1, -0.05) is 6.92 Å². The van der Waals surface area contributed by atoms with Crippen molar-refractivity contribution in [3.05, 3.63) is 11.8 Å². The van der Waals surface area contributed by atoms with E-state index in [1.165, 1.54) is 13.8 Å². The monoisotopic (exact) mass is 369 g/mol. The van der Waals surface area contributed by atoms with Gasteiger partial charge in [0.15, 0.2) is 5.78 Å². The smallest absolute Gasteiger partial charge is 0.151 e. The number of ketones is 1. The van der Waals surface area contributed by atoms with Gasteiger partial charge in [-0.25, -0.2) is 0 Å². The van der Waals surface area contributed by atoms with Gasteiger partial charge < -0.3 is 20.4 Å². The molecule has 0 unspecified atom stereocenters. The van der Waals surface area contributed by atoms with Gasteiger partial charge in [-0.15, -0.1) is 5.76 Å². The SMILES string of the molecule is CC(=O)/C=C(/C)[O-].CC(C)O.CC(C)O.CC(C)O.[Zr]. The van der Waals surface area contributed by atoms with Crippen molar-refractivity contribution < 1.29 is 51.4 Å². The van der Waals surface area contributed by atoms with E-state index in [2.05, 4.69) is 0 Å². The Kier molecular flexibility index (Phi) is 38.5. The second-order valence-electron chi connectivity index (χ2n) is 4.65. The van der Waals surface area contributed by atoms with Gasteiger partial charge in [0.1, 0.15) is 0 Å². The summed E-state index contributed by atoms with van der Waals surface area (Å²) in [5, 5.41) is 34.1. The van der Waals surface area contributed by atoms with Gasteiger partial charge in [0, 0.05) is 44.5 Å². The fraction of sp³-hybridized carbons (Fsp3) is 0.786. The molecule has 0 aromatic heterocycles. The number of aliphatic hydroxyl groups is 3. The Hall–Kier alpha value is -0.0269. The minimum atomic E-state index is -0.187. The molecule has 0 bridgehead atoms. The standard InChI is InChI=1S/C5H8O2.3C3H8O.Zr/c1-4(6)3-5(2)7;3*1-3(2)4;/h3,6H,1-2H3;3*3-4H,1-2H3;/p-1/b4-3-;;;;. The maximum atomic E-state index is 9.98. The summed E-state index contributed by atoms with van der Waals surface area (Å²) in [5.74, 6) is -0.375. The fourth-order valence-electron chi connectivity index (χ4n) is 0.286. The minimum Gasteiger partial charge on any atom is -0.876 e. The summed E-state index contributed by atoms with van der Waals surface area (Å²) >= 11 is 0. The van der Waals surface area contributed by atoms with E-state index in [-0.39, 0.29) is 56.1 Å². The minimum absolute atomic E-state index is 0. The van der Waals surface area contributed by atoms with Gasteiger partial charge in [-0.3, -0.25) is 4.79 Å². The largest absolute Gasteiger partial charge is 0.876 e. The second kappa shape index (κ2) is 24.0. The molecule has 0 spiro atoms. The summed E-state index contributed by atoms with van der Waals surface area (Å²) in [6.07, 6.45) is 0.556. The third-order valence-corrected chi connectivity index (χ3v) is 0.407. The molecule has 0 rings (SSSR count). The summed E-state index contributed by atoms with van der Waals surface area (Å²) in [5.41, 5.74) is 0. The van der Waals surface area contributed by atoms with Crippen molar-refractivity contribution in [2.75, 3.05) is 0 Å². The third-order valence-electron chi connectivity index (χ3n) is 0.407. The average Bonchev–Trinajstić information content (AvgIpc) is 1.95. The van der Waals surface area contributed by atoms with Gasteiger partial charge in [-0.05, 0) is 54.5 Å². The number of carbonyl (C=O) groups excluding carboxylic acids is 1. The third kappa shape index (κ3) is 328. The number of hydrogen-bond donors (Lipinski definition) is 3. The molecular formula is C14H31O5Zr-. The van der Waals surface area contributed by atoms with Gasteiger partial charge >= 0.3 is 0 Å².